The Morgan fingerprint density at radius 1 is 1.26 bits per heavy atom. The number of nitrogens with zero attached hydrogens (tertiary/aromatic N) is 1. The van der Waals surface area contributed by atoms with Crippen molar-refractivity contribution in [1.82, 2.24) is 4.90 Å². The predicted molar refractivity (Wildman–Crippen MR) is 80.1 cm³/mol. The molecule has 1 unspecified atom stereocenters. The number of rotatable bonds is 4. The molecule has 0 spiro atoms. The van der Waals surface area contributed by atoms with Crippen LogP contribution < -0.4 is 0 Å². The van der Waals surface area contributed by atoms with Crippen molar-refractivity contribution < 1.29 is 5.11 Å². The molecule has 1 saturated heterocycles. The van der Waals surface area contributed by atoms with Gasteiger partial charge in [0.2, 0.25) is 0 Å². The van der Waals surface area contributed by atoms with E-state index >= 15 is 0 Å². The summed E-state index contributed by atoms with van der Waals surface area (Å²) in [5.74, 6) is 0. The second-order valence-corrected chi connectivity index (χ2v) is 7.14. The molecule has 19 heavy (non-hydrogen) atoms. The van der Waals surface area contributed by atoms with E-state index in [4.69, 9.17) is 0 Å². The van der Waals surface area contributed by atoms with Gasteiger partial charge in [-0.25, -0.2) is 0 Å². The summed E-state index contributed by atoms with van der Waals surface area (Å²) in [6.07, 6.45) is 2.11. The highest BCUT2D eigenvalue weighted by atomic mass is 16.3. The van der Waals surface area contributed by atoms with Crippen molar-refractivity contribution in [2.45, 2.75) is 52.2 Å². The van der Waals surface area contributed by atoms with Gasteiger partial charge in [0.15, 0.2) is 0 Å². The molecule has 2 nitrogen and oxygen atoms in total. The third-order valence-corrected chi connectivity index (χ3v) is 4.53. The second kappa shape index (κ2) is 5.26. The first-order valence-corrected chi connectivity index (χ1v) is 7.31. The van der Waals surface area contributed by atoms with Crippen molar-refractivity contribution >= 4 is 0 Å². The molecule has 2 rings (SSSR count). The lowest BCUT2D eigenvalue weighted by atomic mass is 9.81. The molecular formula is C17H27NO. The highest BCUT2D eigenvalue weighted by Crippen LogP contribution is 2.38. The molecule has 1 heterocycles. The molecule has 0 aromatic heterocycles. The van der Waals surface area contributed by atoms with Crippen LogP contribution in [0.15, 0.2) is 30.3 Å². The maximum absolute atomic E-state index is 10.7. The van der Waals surface area contributed by atoms with Crippen LogP contribution >= 0.6 is 0 Å². The van der Waals surface area contributed by atoms with Crippen LogP contribution in [-0.2, 0) is 0 Å². The van der Waals surface area contributed by atoms with Crippen LogP contribution in [0.1, 0.15) is 52.2 Å². The minimum Gasteiger partial charge on any atom is -0.388 e. The number of hydrogen-bond donors (Lipinski definition) is 1. The van der Waals surface area contributed by atoms with Crippen LogP contribution in [0, 0.1) is 5.41 Å². The summed E-state index contributed by atoms with van der Waals surface area (Å²) in [6.45, 7) is 11.0. The zero-order valence-corrected chi connectivity index (χ0v) is 12.7. The molecule has 2 heteroatoms. The third-order valence-electron chi connectivity index (χ3n) is 4.53. The largest absolute Gasteiger partial charge is 0.388 e. The molecule has 1 aliphatic rings. The Kier molecular flexibility index (Phi) is 4.03. The summed E-state index contributed by atoms with van der Waals surface area (Å²) in [5, 5.41) is 10.7. The summed E-state index contributed by atoms with van der Waals surface area (Å²) >= 11 is 0. The molecule has 1 fully saturated rings. The van der Waals surface area contributed by atoms with Crippen molar-refractivity contribution in [3.05, 3.63) is 35.9 Å². The SMILES string of the molecule is CC(C)(CN1CCCC1(C)C)C(O)c1ccccc1. The first-order valence-electron chi connectivity index (χ1n) is 7.31. The van der Waals surface area contributed by atoms with Crippen molar-refractivity contribution in [3.63, 3.8) is 0 Å². The van der Waals surface area contributed by atoms with Gasteiger partial charge in [0.25, 0.3) is 0 Å². The predicted octanol–water partition coefficient (Wildman–Crippen LogP) is 3.62. The zero-order valence-electron chi connectivity index (χ0n) is 12.7. The lowest BCUT2D eigenvalue weighted by Gasteiger charge is -2.40. The molecule has 0 aliphatic carbocycles. The van der Waals surface area contributed by atoms with Gasteiger partial charge in [-0.2, -0.15) is 0 Å². The van der Waals surface area contributed by atoms with Gasteiger partial charge in [-0.15, -0.1) is 0 Å². The van der Waals surface area contributed by atoms with E-state index in [1.165, 1.54) is 12.8 Å². The Hall–Kier alpha value is -0.860. The Morgan fingerprint density at radius 2 is 1.89 bits per heavy atom. The van der Waals surface area contributed by atoms with Crippen LogP contribution in [0.3, 0.4) is 0 Å². The number of hydrogen-bond acceptors (Lipinski definition) is 2. The van der Waals surface area contributed by atoms with Gasteiger partial charge in [-0.3, -0.25) is 4.90 Å². The molecule has 0 amide bonds. The summed E-state index contributed by atoms with van der Waals surface area (Å²) in [6, 6.07) is 10.0. The summed E-state index contributed by atoms with van der Waals surface area (Å²) < 4.78 is 0. The summed E-state index contributed by atoms with van der Waals surface area (Å²) in [5.41, 5.74) is 1.15. The van der Waals surface area contributed by atoms with E-state index in [9.17, 15) is 5.11 Å². The van der Waals surface area contributed by atoms with E-state index in [-0.39, 0.29) is 11.0 Å². The topological polar surface area (TPSA) is 23.5 Å². The standard InChI is InChI=1S/C17H27NO/c1-16(2,13-18-12-8-11-17(18,3)4)15(19)14-9-6-5-7-10-14/h5-7,9-10,15,19H,8,11-13H2,1-4H3. The summed E-state index contributed by atoms with van der Waals surface area (Å²) in [7, 11) is 0. The van der Waals surface area contributed by atoms with Crippen LogP contribution in [-0.4, -0.2) is 28.6 Å². The molecular weight excluding hydrogens is 234 g/mol. The van der Waals surface area contributed by atoms with Gasteiger partial charge >= 0.3 is 0 Å². The molecule has 106 valence electrons. The van der Waals surface area contributed by atoms with Gasteiger partial charge < -0.3 is 5.11 Å². The van der Waals surface area contributed by atoms with Crippen LogP contribution in [0.5, 0.6) is 0 Å². The lowest BCUT2D eigenvalue weighted by Crippen LogP contribution is -2.45. The number of benzene rings is 1. The van der Waals surface area contributed by atoms with E-state index in [0.29, 0.717) is 0 Å². The van der Waals surface area contributed by atoms with Gasteiger partial charge in [-0.1, -0.05) is 44.2 Å². The number of aliphatic hydroxyl groups is 1. The van der Waals surface area contributed by atoms with E-state index in [1.807, 2.05) is 30.3 Å². The fourth-order valence-electron chi connectivity index (χ4n) is 3.12. The fraction of sp³-hybridized carbons (Fsp3) is 0.647. The van der Waals surface area contributed by atoms with Gasteiger partial charge in [-0.05, 0) is 38.8 Å². The number of likely N-dealkylation sites (tertiary alicyclic amines) is 1. The smallest absolute Gasteiger partial charge is 0.0853 e. The van der Waals surface area contributed by atoms with Crippen LogP contribution in [0.4, 0.5) is 0 Å². The van der Waals surface area contributed by atoms with E-state index in [1.54, 1.807) is 0 Å². The quantitative estimate of drug-likeness (QED) is 0.895. The van der Waals surface area contributed by atoms with Gasteiger partial charge in [0, 0.05) is 17.5 Å². The van der Waals surface area contributed by atoms with E-state index in [0.717, 1.165) is 18.7 Å². The summed E-state index contributed by atoms with van der Waals surface area (Å²) in [4.78, 5) is 2.53. The molecule has 0 saturated carbocycles. The zero-order chi connectivity index (χ0) is 14.1. The number of aliphatic hydroxyl groups excluding tert-OH is 1. The maximum atomic E-state index is 10.7. The normalized spacial score (nSPS) is 21.5. The first kappa shape index (κ1) is 14.5. The molecule has 0 radical (unpaired) electrons. The van der Waals surface area contributed by atoms with E-state index in [2.05, 4.69) is 32.6 Å². The highest BCUT2D eigenvalue weighted by Gasteiger charge is 2.38. The maximum Gasteiger partial charge on any atom is 0.0853 e. The Morgan fingerprint density at radius 3 is 2.42 bits per heavy atom. The minimum atomic E-state index is -0.412. The van der Waals surface area contributed by atoms with Crippen LogP contribution in [0.2, 0.25) is 0 Å². The average molecular weight is 261 g/mol. The molecule has 1 N–H and O–H groups in total. The molecule has 1 aliphatic heterocycles. The van der Waals surface area contributed by atoms with Gasteiger partial charge in [0.1, 0.15) is 0 Å². The molecule has 0 bridgehead atoms. The fourth-order valence-corrected chi connectivity index (χ4v) is 3.12. The van der Waals surface area contributed by atoms with Crippen LogP contribution in [0.25, 0.3) is 0 Å². The second-order valence-electron chi connectivity index (χ2n) is 7.14. The average Bonchev–Trinajstić information content (AvgIpc) is 2.68. The Bertz CT molecular complexity index is 411. The molecule has 1 atom stereocenters. The molecule has 1 aromatic carbocycles. The molecule has 1 aromatic rings. The Labute approximate surface area is 117 Å². The van der Waals surface area contributed by atoms with Crippen molar-refractivity contribution in [3.8, 4) is 0 Å². The van der Waals surface area contributed by atoms with E-state index < -0.39 is 6.10 Å². The highest BCUT2D eigenvalue weighted by molar-refractivity contribution is 5.19. The monoisotopic (exact) mass is 261 g/mol. The minimum absolute atomic E-state index is 0.136. The third kappa shape index (κ3) is 3.18. The van der Waals surface area contributed by atoms with Gasteiger partial charge in [0.05, 0.1) is 6.10 Å². The first-order chi connectivity index (χ1) is 8.83. The lowest BCUT2D eigenvalue weighted by molar-refractivity contribution is 0.00518. The Balaban J connectivity index is 2.10. The van der Waals surface area contributed by atoms with Crippen molar-refractivity contribution in [2.24, 2.45) is 5.41 Å². The van der Waals surface area contributed by atoms with Crippen molar-refractivity contribution in [1.29, 1.82) is 0 Å². The van der Waals surface area contributed by atoms with Crippen molar-refractivity contribution in [2.75, 3.05) is 13.1 Å².